The van der Waals surface area contributed by atoms with E-state index in [4.69, 9.17) is 11.6 Å². The molecule has 2 heterocycles. The molecule has 4 nitrogen and oxygen atoms in total. The van der Waals surface area contributed by atoms with Crippen molar-refractivity contribution in [3.05, 3.63) is 64.9 Å². The molecule has 1 fully saturated rings. The van der Waals surface area contributed by atoms with E-state index in [9.17, 15) is 5.11 Å². The van der Waals surface area contributed by atoms with Crippen LogP contribution < -0.4 is 0 Å². The SMILES string of the molecule is CC(c1cccnc1)N1CCN(CC(O)c2cccc(Cl)c2)CC1. The van der Waals surface area contributed by atoms with E-state index in [1.807, 2.05) is 42.7 Å². The van der Waals surface area contributed by atoms with Gasteiger partial charge in [0.25, 0.3) is 0 Å². The van der Waals surface area contributed by atoms with Crippen LogP contribution in [0.3, 0.4) is 0 Å². The molecule has 1 aromatic carbocycles. The fourth-order valence-corrected chi connectivity index (χ4v) is 3.43. The lowest BCUT2D eigenvalue weighted by atomic mass is 10.1. The van der Waals surface area contributed by atoms with Crippen LogP contribution in [0.2, 0.25) is 5.02 Å². The van der Waals surface area contributed by atoms with E-state index in [1.165, 1.54) is 5.56 Å². The Balaban J connectivity index is 1.52. The summed E-state index contributed by atoms with van der Waals surface area (Å²) in [6.45, 7) is 6.80. The van der Waals surface area contributed by atoms with Gasteiger partial charge in [0.05, 0.1) is 6.10 Å². The van der Waals surface area contributed by atoms with Crippen molar-refractivity contribution >= 4 is 11.6 Å². The van der Waals surface area contributed by atoms with Gasteiger partial charge < -0.3 is 5.11 Å². The number of aromatic nitrogens is 1. The first-order valence-electron chi connectivity index (χ1n) is 8.43. The summed E-state index contributed by atoms with van der Waals surface area (Å²) in [6, 6.07) is 12.0. The number of hydrogen-bond acceptors (Lipinski definition) is 4. The lowest BCUT2D eigenvalue weighted by Gasteiger charge is -2.38. The third-order valence-electron chi connectivity index (χ3n) is 4.79. The van der Waals surface area contributed by atoms with Gasteiger partial charge in [0.15, 0.2) is 0 Å². The normalized spacial score (nSPS) is 19.1. The van der Waals surface area contributed by atoms with Gasteiger partial charge in [0.1, 0.15) is 0 Å². The predicted molar refractivity (Wildman–Crippen MR) is 97.1 cm³/mol. The molecule has 1 N–H and O–H groups in total. The van der Waals surface area contributed by atoms with E-state index >= 15 is 0 Å². The summed E-state index contributed by atoms with van der Waals surface area (Å²) >= 11 is 6.01. The Bertz CT molecular complexity index is 644. The fraction of sp³-hybridized carbons (Fsp3) is 0.421. The Morgan fingerprint density at radius 2 is 1.88 bits per heavy atom. The molecule has 1 saturated heterocycles. The highest BCUT2D eigenvalue weighted by Crippen LogP contribution is 2.22. The quantitative estimate of drug-likeness (QED) is 0.903. The zero-order valence-electron chi connectivity index (χ0n) is 14.0. The first-order valence-corrected chi connectivity index (χ1v) is 8.81. The van der Waals surface area contributed by atoms with Crippen LogP contribution in [0, 0.1) is 0 Å². The molecule has 0 radical (unpaired) electrons. The van der Waals surface area contributed by atoms with Crippen molar-refractivity contribution in [1.29, 1.82) is 0 Å². The second-order valence-electron chi connectivity index (χ2n) is 6.37. The summed E-state index contributed by atoms with van der Waals surface area (Å²) < 4.78 is 0. The minimum absolute atomic E-state index is 0.374. The second-order valence-corrected chi connectivity index (χ2v) is 6.81. The smallest absolute Gasteiger partial charge is 0.0917 e. The maximum atomic E-state index is 10.4. The predicted octanol–water partition coefficient (Wildman–Crippen LogP) is 3.15. The summed E-state index contributed by atoms with van der Waals surface area (Å²) in [4.78, 5) is 9.00. The molecule has 2 atom stereocenters. The van der Waals surface area contributed by atoms with Crippen LogP contribution in [-0.4, -0.2) is 52.6 Å². The first kappa shape index (κ1) is 17.4. The summed E-state index contributed by atoms with van der Waals surface area (Å²) in [5, 5.41) is 11.1. The van der Waals surface area contributed by atoms with E-state index in [2.05, 4.69) is 27.8 Å². The highest BCUT2D eigenvalue weighted by molar-refractivity contribution is 6.30. The Morgan fingerprint density at radius 1 is 1.12 bits per heavy atom. The Kier molecular flexibility index (Phi) is 5.85. The van der Waals surface area contributed by atoms with Gasteiger partial charge in [0, 0.05) is 56.2 Å². The Labute approximate surface area is 148 Å². The van der Waals surface area contributed by atoms with Crippen molar-refractivity contribution in [2.24, 2.45) is 0 Å². The molecule has 1 aliphatic heterocycles. The minimum Gasteiger partial charge on any atom is -0.387 e. The molecule has 3 rings (SSSR count). The second kappa shape index (κ2) is 8.08. The molecular weight excluding hydrogens is 322 g/mol. The molecule has 0 aliphatic carbocycles. The van der Waals surface area contributed by atoms with Crippen LogP contribution >= 0.6 is 11.6 Å². The zero-order valence-corrected chi connectivity index (χ0v) is 14.7. The number of rotatable bonds is 5. The minimum atomic E-state index is -0.494. The third kappa shape index (κ3) is 4.33. The summed E-state index contributed by atoms with van der Waals surface area (Å²) in [5.74, 6) is 0. The van der Waals surface area contributed by atoms with E-state index in [0.717, 1.165) is 31.7 Å². The molecule has 1 aromatic heterocycles. The molecule has 2 unspecified atom stereocenters. The van der Waals surface area contributed by atoms with Crippen molar-refractivity contribution in [3.8, 4) is 0 Å². The van der Waals surface area contributed by atoms with Gasteiger partial charge in [-0.1, -0.05) is 29.8 Å². The van der Waals surface area contributed by atoms with Gasteiger partial charge in [-0.25, -0.2) is 0 Å². The van der Waals surface area contributed by atoms with E-state index < -0.39 is 6.10 Å². The number of benzene rings is 1. The maximum Gasteiger partial charge on any atom is 0.0917 e. The largest absolute Gasteiger partial charge is 0.387 e. The molecule has 0 saturated carbocycles. The van der Waals surface area contributed by atoms with Crippen LogP contribution in [0.5, 0.6) is 0 Å². The molecule has 1 aliphatic rings. The summed E-state index contributed by atoms with van der Waals surface area (Å²) in [5.41, 5.74) is 2.14. The molecule has 128 valence electrons. The van der Waals surface area contributed by atoms with Crippen molar-refractivity contribution in [1.82, 2.24) is 14.8 Å². The number of aliphatic hydroxyl groups excluding tert-OH is 1. The molecule has 0 amide bonds. The van der Waals surface area contributed by atoms with Crippen molar-refractivity contribution in [2.75, 3.05) is 32.7 Å². The fourth-order valence-electron chi connectivity index (χ4n) is 3.23. The Hall–Kier alpha value is -1.46. The highest BCUT2D eigenvalue weighted by atomic mass is 35.5. The van der Waals surface area contributed by atoms with Crippen LogP contribution in [-0.2, 0) is 0 Å². The molecular formula is C19H24ClN3O. The van der Waals surface area contributed by atoms with Crippen LogP contribution in [0.4, 0.5) is 0 Å². The summed E-state index contributed by atoms with van der Waals surface area (Å²) in [6.07, 6.45) is 3.26. The number of aliphatic hydroxyl groups is 1. The van der Waals surface area contributed by atoms with E-state index in [1.54, 1.807) is 0 Å². The van der Waals surface area contributed by atoms with Gasteiger partial charge in [-0.2, -0.15) is 0 Å². The Morgan fingerprint density at radius 3 is 2.54 bits per heavy atom. The summed E-state index contributed by atoms with van der Waals surface area (Å²) in [7, 11) is 0. The average molecular weight is 346 g/mol. The van der Waals surface area contributed by atoms with E-state index in [0.29, 0.717) is 17.6 Å². The van der Waals surface area contributed by atoms with Crippen LogP contribution in [0.15, 0.2) is 48.8 Å². The lowest BCUT2D eigenvalue weighted by molar-refractivity contribution is 0.0589. The number of halogens is 1. The lowest BCUT2D eigenvalue weighted by Crippen LogP contribution is -2.48. The van der Waals surface area contributed by atoms with Crippen molar-refractivity contribution in [2.45, 2.75) is 19.1 Å². The molecule has 0 bridgehead atoms. The van der Waals surface area contributed by atoms with Gasteiger partial charge in [-0.05, 0) is 36.2 Å². The number of hydrogen-bond donors (Lipinski definition) is 1. The monoisotopic (exact) mass is 345 g/mol. The van der Waals surface area contributed by atoms with Crippen molar-refractivity contribution < 1.29 is 5.11 Å². The first-order chi connectivity index (χ1) is 11.6. The van der Waals surface area contributed by atoms with Gasteiger partial charge in [0.2, 0.25) is 0 Å². The zero-order chi connectivity index (χ0) is 16.9. The van der Waals surface area contributed by atoms with Crippen LogP contribution in [0.25, 0.3) is 0 Å². The third-order valence-corrected chi connectivity index (χ3v) is 5.02. The molecule has 24 heavy (non-hydrogen) atoms. The number of nitrogens with zero attached hydrogens (tertiary/aromatic N) is 3. The standard InChI is InChI=1S/C19H24ClN3O/c1-15(17-5-3-7-21-13-17)23-10-8-22(9-11-23)14-19(24)16-4-2-6-18(20)12-16/h2-7,12-13,15,19,24H,8-11,14H2,1H3. The van der Waals surface area contributed by atoms with Gasteiger partial charge in [-0.15, -0.1) is 0 Å². The number of piperazine rings is 1. The topological polar surface area (TPSA) is 39.6 Å². The highest BCUT2D eigenvalue weighted by Gasteiger charge is 2.23. The van der Waals surface area contributed by atoms with Gasteiger partial charge >= 0.3 is 0 Å². The molecule has 2 aromatic rings. The molecule has 5 heteroatoms. The molecule has 0 spiro atoms. The maximum absolute atomic E-state index is 10.4. The van der Waals surface area contributed by atoms with Gasteiger partial charge in [-0.3, -0.25) is 14.8 Å². The van der Waals surface area contributed by atoms with Crippen molar-refractivity contribution in [3.63, 3.8) is 0 Å². The number of β-amino-alcohol motifs (C(OH)–C–C–N with tert-alkyl or cyclic N) is 1. The van der Waals surface area contributed by atoms with E-state index in [-0.39, 0.29) is 0 Å². The van der Waals surface area contributed by atoms with Crippen LogP contribution in [0.1, 0.15) is 30.2 Å². The number of pyridine rings is 1. The average Bonchev–Trinajstić information content (AvgIpc) is 2.62.